The summed E-state index contributed by atoms with van der Waals surface area (Å²) in [6, 6.07) is 4.35. The number of aliphatic hydroxyl groups is 1. The van der Waals surface area contributed by atoms with Gasteiger partial charge in [0.1, 0.15) is 11.6 Å². The summed E-state index contributed by atoms with van der Waals surface area (Å²) in [6.07, 6.45) is 3.17. The Morgan fingerprint density at radius 2 is 1.78 bits per heavy atom. The topological polar surface area (TPSA) is 29.5 Å². The SMILES string of the molecule is COc1ccc(F)cc1C1(O)CCC(C)(C)CC1. The molecule has 2 rings (SSSR count). The van der Waals surface area contributed by atoms with E-state index < -0.39 is 5.60 Å². The highest BCUT2D eigenvalue weighted by Crippen LogP contribution is 2.47. The fourth-order valence-electron chi connectivity index (χ4n) is 2.65. The van der Waals surface area contributed by atoms with Crippen molar-refractivity contribution in [2.75, 3.05) is 7.11 Å². The summed E-state index contributed by atoms with van der Waals surface area (Å²) in [7, 11) is 1.55. The zero-order chi connectivity index (χ0) is 13.4. The molecule has 1 fully saturated rings. The number of hydrogen-bond acceptors (Lipinski definition) is 2. The molecule has 0 aliphatic heterocycles. The van der Waals surface area contributed by atoms with Crippen molar-refractivity contribution in [2.24, 2.45) is 5.41 Å². The van der Waals surface area contributed by atoms with Crippen molar-refractivity contribution in [3.63, 3.8) is 0 Å². The molecule has 18 heavy (non-hydrogen) atoms. The third kappa shape index (κ3) is 2.51. The van der Waals surface area contributed by atoms with Crippen LogP contribution in [0.5, 0.6) is 5.75 Å². The van der Waals surface area contributed by atoms with E-state index in [0.717, 1.165) is 12.8 Å². The molecule has 1 aromatic carbocycles. The Bertz CT molecular complexity index is 430. The first-order valence-electron chi connectivity index (χ1n) is 6.43. The van der Waals surface area contributed by atoms with Crippen LogP contribution in [-0.2, 0) is 5.60 Å². The smallest absolute Gasteiger partial charge is 0.125 e. The maximum absolute atomic E-state index is 13.4. The molecule has 0 aromatic heterocycles. The summed E-state index contributed by atoms with van der Waals surface area (Å²) in [6.45, 7) is 4.41. The molecule has 100 valence electrons. The van der Waals surface area contributed by atoms with Gasteiger partial charge in [0.05, 0.1) is 12.7 Å². The predicted octanol–water partition coefficient (Wildman–Crippen LogP) is 3.62. The summed E-state index contributed by atoms with van der Waals surface area (Å²) in [5, 5.41) is 10.8. The molecule has 1 aromatic rings. The summed E-state index contributed by atoms with van der Waals surface area (Å²) < 4.78 is 18.6. The lowest BCUT2D eigenvalue weighted by molar-refractivity contribution is -0.0323. The molecule has 1 aliphatic carbocycles. The Labute approximate surface area is 108 Å². The fraction of sp³-hybridized carbons (Fsp3) is 0.600. The zero-order valence-electron chi connectivity index (χ0n) is 11.3. The molecule has 0 radical (unpaired) electrons. The predicted molar refractivity (Wildman–Crippen MR) is 69.1 cm³/mol. The molecule has 3 heteroatoms. The van der Waals surface area contributed by atoms with E-state index in [-0.39, 0.29) is 11.2 Å². The summed E-state index contributed by atoms with van der Waals surface area (Å²) in [5.41, 5.74) is -0.115. The van der Waals surface area contributed by atoms with Gasteiger partial charge >= 0.3 is 0 Å². The number of rotatable bonds is 2. The van der Waals surface area contributed by atoms with Crippen molar-refractivity contribution in [1.82, 2.24) is 0 Å². The van der Waals surface area contributed by atoms with E-state index in [9.17, 15) is 9.50 Å². The van der Waals surface area contributed by atoms with Crippen LogP contribution < -0.4 is 4.74 Å². The van der Waals surface area contributed by atoms with Gasteiger partial charge in [-0.2, -0.15) is 0 Å². The Morgan fingerprint density at radius 1 is 1.17 bits per heavy atom. The van der Waals surface area contributed by atoms with E-state index in [0.29, 0.717) is 24.2 Å². The van der Waals surface area contributed by atoms with Gasteiger partial charge < -0.3 is 9.84 Å². The van der Waals surface area contributed by atoms with Gasteiger partial charge in [0, 0.05) is 5.56 Å². The van der Waals surface area contributed by atoms with E-state index in [1.165, 1.54) is 12.1 Å². The van der Waals surface area contributed by atoms with Crippen LogP contribution in [0.1, 0.15) is 45.1 Å². The van der Waals surface area contributed by atoms with Crippen LogP contribution in [0.2, 0.25) is 0 Å². The first kappa shape index (κ1) is 13.3. The Kier molecular flexibility index (Phi) is 3.37. The number of benzene rings is 1. The van der Waals surface area contributed by atoms with Crippen LogP contribution in [0.3, 0.4) is 0 Å². The van der Waals surface area contributed by atoms with Crippen molar-refractivity contribution in [3.05, 3.63) is 29.6 Å². The van der Waals surface area contributed by atoms with Crippen LogP contribution >= 0.6 is 0 Å². The van der Waals surface area contributed by atoms with Gasteiger partial charge in [-0.3, -0.25) is 0 Å². The minimum Gasteiger partial charge on any atom is -0.496 e. The van der Waals surface area contributed by atoms with Crippen molar-refractivity contribution in [1.29, 1.82) is 0 Å². The molecule has 0 bridgehead atoms. The Hall–Kier alpha value is -1.09. The first-order valence-corrected chi connectivity index (χ1v) is 6.43. The minimum atomic E-state index is -0.955. The van der Waals surface area contributed by atoms with E-state index in [4.69, 9.17) is 4.74 Å². The zero-order valence-corrected chi connectivity index (χ0v) is 11.3. The lowest BCUT2D eigenvalue weighted by Crippen LogP contribution is -2.35. The minimum absolute atomic E-state index is 0.257. The number of ether oxygens (including phenoxy) is 1. The highest BCUT2D eigenvalue weighted by Gasteiger charge is 2.39. The average molecular weight is 252 g/mol. The summed E-state index contributed by atoms with van der Waals surface area (Å²) in [5.74, 6) is 0.239. The molecule has 1 saturated carbocycles. The molecule has 0 saturated heterocycles. The number of halogens is 1. The van der Waals surface area contributed by atoms with Gasteiger partial charge in [0.2, 0.25) is 0 Å². The van der Waals surface area contributed by atoms with Crippen LogP contribution in [0.15, 0.2) is 18.2 Å². The third-order valence-electron chi connectivity index (χ3n) is 4.09. The molecule has 1 aliphatic rings. The molecular weight excluding hydrogens is 231 g/mol. The second kappa shape index (κ2) is 4.54. The Balaban J connectivity index is 2.33. The second-order valence-corrected chi connectivity index (χ2v) is 6.04. The van der Waals surface area contributed by atoms with Crippen molar-refractivity contribution >= 4 is 0 Å². The van der Waals surface area contributed by atoms with Crippen molar-refractivity contribution in [3.8, 4) is 5.75 Å². The monoisotopic (exact) mass is 252 g/mol. The molecule has 0 heterocycles. The number of hydrogen-bond donors (Lipinski definition) is 1. The molecule has 0 atom stereocenters. The lowest BCUT2D eigenvalue weighted by atomic mass is 9.68. The molecule has 0 spiro atoms. The van der Waals surface area contributed by atoms with Gasteiger partial charge in [0.25, 0.3) is 0 Å². The van der Waals surface area contributed by atoms with Crippen molar-refractivity contribution < 1.29 is 14.2 Å². The van der Waals surface area contributed by atoms with Crippen LogP contribution in [-0.4, -0.2) is 12.2 Å². The summed E-state index contributed by atoms with van der Waals surface area (Å²) in [4.78, 5) is 0. The van der Waals surface area contributed by atoms with E-state index in [2.05, 4.69) is 13.8 Å². The highest BCUT2D eigenvalue weighted by atomic mass is 19.1. The highest BCUT2D eigenvalue weighted by molar-refractivity contribution is 5.39. The Morgan fingerprint density at radius 3 is 2.33 bits per heavy atom. The van der Waals surface area contributed by atoms with Gasteiger partial charge in [-0.1, -0.05) is 13.8 Å². The van der Waals surface area contributed by atoms with Crippen LogP contribution in [0.25, 0.3) is 0 Å². The molecule has 0 amide bonds. The maximum atomic E-state index is 13.4. The summed E-state index contributed by atoms with van der Waals surface area (Å²) >= 11 is 0. The van der Waals surface area contributed by atoms with Gasteiger partial charge in [-0.05, 0) is 49.3 Å². The van der Waals surface area contributed by atoms with Crippen molar-refractivity contribution in [2.45, 2.75) is 45.1 Å². The van der Waals surface area contributed by atoms with E-state index >= 15 is 0 Å². The maximum Gasteiger partial charge on any atom is 0.125 e. The first-order chi connectivity index (χ1) is 8.36. The van der Waals surface area contributed by atoms with E-state index in [1.54, 1.807) is 13.2 Å². The van der Waals surface area contributed by atoms with Gasteiger partial charge in [0.15, 0.2) is 0 Å². The van der Waals surface area contributed by atoms with Gasteiger partial charge in [-0.15, -0.1) is 0 Å². The van der Waals surface area contributed by atoms with E-state index in [1.807, 2.05) is 0 Å². The average Bonchev–Trinajstić information content (AvgIpc) is 2.33. The fourth-order valence-corrected chi connectivity index (χ4v) is 2.65. The number of methoxy groups -OCH3 is 1. The van der Waals surface area contributed by atoms with Crippen LogP contribution in [0.4, 0.5) is 4.39 Å². The quantitative estimate of drug-likeness (QED) is 0.871. The third-order valence-corrected chi connectivity index (χ3v) is 4.09. The van der Waals surface area contributed by atoms with Crippen LogP contribution in [0, 0.1) is 11.2 Å². The lowest BCUT2D eigenvalue weighted by Gasteiger charge is -2.40. The standard InChI is InChI=1S/C15H21FO2/c1-14(2)6-8-15(17,9-7-14)12-10-11(16)4-5-13(12)18-3/h4-5,10,17H,6-9H2,1-3H3. The molecular formula is C15H21FO2. The molecule has 0 unspecified atom stereocenters. The largest absolute Gasteiger partial charge is 0.496 e. The van der Waals surface area contributed by atoms with Gasteiger partial charge in [-0.25, -0.2) is 4.39 Å². The molecule has 1 N–H and O–H groups in total. The molecule has 2 nitrogen and oxygen atoms in total. The normalized spacial score (nSPS) is 21.6. The second-order valence-electron chi connectivity index (χ2n) is 6.04.